The fourth-order valence-corrected chi connectivity index (χ4v) is 1.01. The second-order valence-corrected chi connectivity index (χ2v) is 2.76. The van der Waals surface area contributed by atoms with E-state index in [0.29, 0.717) is 15.9 Å². The quantitative estimate of drug-likeness (QED) is 0.326. The van der Waals surface area contributed by atoms with E-state index in [4.69, 9.17) is 17.4 Å². The van der Waals surface area contributed by atoms with Crippen molar-refractivity contribution in [2.75, 3.05) is 29.3 Å². The van der Waals surface area contributed by atoms with E-state index in [-0.39, 0.29) is 11.5 Å². The average Bonchev–Trinajstić information content (AvgIpc) is 2.24. The molecule has 0 atom stereocenters. The fourth-order valence-electron chi connectivity index (χ4n) is 1.01. The Morgan fingerprint density at radius 2 is 1.93 bits per heavy atom. The van der Waals surface area contributed by atoms with Crippen LogP contribution in [0.2, 0.25) is 0 Å². The molecule has 0 aliphatic rings. The van der Waals surface area contributed by atoms with E-state index >= 15 is 0 Å². The van der Waals surface area contributed by atoms with Gasteiger partial charge >= 0.3 is 5.69 Å². The molecule has 0 aliphatic heterocycles. The first-order chi connectivity index (χ1) is 7.00. The molecule has 0 radical (unpaired) electrons. The van der Waals surface area contributed by atoms with Gasteiger partial charge in [-0.3, -0.25) is 4.79 Å². The number of hydrogen-bond acceptors (Lipinski definition) is 6. The van der Waals surface area contributed by atoms with Crippen LogP contribution in [0.5, 0.6) is 0 Å². The molecule has 0 aliphatic carbocycles. The highest BCUT2D eigenvalue weighted by atomic mass is 16.2. The number of rotatable bonds is 3. The molecule has 0 aromatic carbocycles. The molecule has 15 heavy (non-hydrogen) atoms. The third-order valence-electron chi connectivity index (χ3n) is 1.77. The molecule has 0 bridgehead atoms. The summed E-state index contributed by atoms with van der Waals surface area (Å²) in [7, 11) is 0. The Morgan fingerprint density at radius 1 is 1.33 bits per heavy atom. The topological polar surface area (TPSA) is 134 Å². The van der Waals surface area contributed by atoms with Crippen molar-refractivity contribution in [3.05, 3.63) is 33.5 Å². The molecule has 0 saturated carbocycles. The van der Waals surface area contributed by atoms with Gasteiger partial charge in [0.05, 0.1) is 0 Å². The zero-order valence-electron chi connectivity index (χ0n) is 7.93. The summed E-state index contributed by atoms with van der Waals surface area (Å²) < 4.78 is 1.01. The van der Waals surface area contributed by atoms with Gasteiger partial charge < -0.3 is 22.7 Å². The van der Waals surface area contributed by atoms with Crippen molar-refractivity contribution in [1.29, 1.82) is 0 Å². The van der Waals surface area contributed by atoms with Crippen molar-refractivity contribution in [3.63, 3.8) is 0 Å². The monoisotopic (exact) mass is 212 g/mol. The normalized spacial score (nSPS) is 9.87. The van der Waals surface area contributed by atoms with E-state index in [0.717, 1.165) is 0 Å². The van der Waals surface area contributed by atoms with E-state index in [2.05, 4.69) is 11.9 Å². The van der Waals surface area contributed by atoms with Gasteiger partial charge in [-0.25, -0.2) is 4.79 Å². The Kier molecular flexibility index (Phi) is 2.70. The van der Waals surface area contributed by atoms with Crippen molar-refractivity contribution < 1.29 is 0 Å². The van der Waals surface area contributed by atoms with Gasteiger partial charge in [-0.1, -0.05) is 6.08 Å². The number of hydrogen-bond donors (Lipinski definition) is 4. The largest absolute Gasteiger partial charge is 0.391 e. The van der Waals surface area contributed by atoms with E-state index < -0.39 is 11.2 Å². The molecule has 0 amide bonds. The summed E-state index contributed by atoms with van der Waals surface area (Å²) in [4.78, 5) is 22.6. The van der Waals surface area contributed by atoms with Crippen LogP contribution in [-0.2, 0) is 0 Å². The minimum absolute atomic E-state index is 0.0200. The average molecular weight is 212 g/mol. The molecule has 1 aromatic heterocycles. The third-order valence-corrected chi connectivity index (χ3v) is 1.77. The maximum absolute atomic E-state index is 11.3. The van der Waals surface area contributed by atoms with Crippen LogP contribution < -0.4 is 34.0 Å². The van der Waals surface area contributed by atoms with Crippen LogP contribution in [0, 0.1) is 0 Å². The molecule has 1 heterocycles. The standard InChI is InChI=1S/C7H12N6O2/c1-2-3-11-5-4(8)6(14)13(10)7(15)12(5)9/h2,11H,1,3,8-10H2. The second-order valence-electron chi connectivity index (χ2n) is 2.76. The molecular formula is C7H12N6O2. The van der Waals surface area contributed by atoms with Crippen molar-refractivity contribution >= 4 is 11.5 Å². The van der Waals surface area contributed by atoms with Crippen LogP contribution in [0.15, 0.2) is 22.2 Å². The van der Waals surface area contributed by atoms with Crippen molar-refractivity contribution in [1.82, 2.24) is 9.35 Å². The lowest BCUT2D eigenvalue weighted by atomic mass is 10.4. The van der Waals surface area contributed by atoms with Crippen LogP contribution in [0.4, 0.5) is 11.5 Å². The Morgan fingerprint density at radius 3 is 2.47 bits per heavy atom. The molecular weight excluding hydrogens is 200 g/mol. The molecule has 0 unspecified atom stereocenters. The SMILES string of the molecule is C=CCNc1c(N)c(=O)n(N)c(=O)n1N. The van der Waals surface area contributed by atoms with Crippen molar-refractivity contribution in [2.45, 2.75) is 0 Å². The Hall–Kier alpha value is -2.38. The van der Waals surface area contributed by atoms with Crippen molar-refractivity contribution in [2.24, 2.45) is 0 Å². The summed E-state index contributed by atoms with van der Waals surface area (Å²) in [5.74, 6) is 10.5. The van der Waals surface area contributed by atoms with Gasteiger partial charge in [0, 0.05) is 6.54 Å². The molecule has 8 nitrogen and oxygen atoms in total. The third kappa shape index (κ3) is 1.64. The molecule has 82 valence electrons. The Balaban J connectivity index is 3.46. The zero-order valence-corrected chi connectivity index (χ0v) is 7.93. The van der Waals surface area contributed by atoms with Crippen LogP contribution in [-0.4, -0.2) is 15.9 Å². The maximum Gasteiger partial charge on any atom is 0.370 e. The van der Waals surface area contributed by atoms with Gasteiger partial charge in [0.15, 0.2) is 5.82 Å². The number of nitrogen functional groups attached to an aromatic ring is 3. The first-order valence-electron chi connectivity index (χ1n) is 4.03. The molecule has 0 fully saturated rings. The lowest BCUT2D eigenvalue weighted by Gasteiger charge is -2.12. The van der Waals surface area contributed by atoms with Gasteiger partial charge in [0.25, 0.3) is 5.56 Å². The molecule has 1 rings (SSSR count). The highest BCUT2D eigenvalue weighted by Gasteiger charge is 2.12. The molecule has 1 aromatic rings. The molecule has 8 heteroatoms. The second kappa shape index (κ2) is 3.78. The minimum atomic E-state index is -0.860. The number of aromatic nitrogens is 2. The van der Waals surface area contributed by atoms with Crippen LogP contribution in [0.3, 0.4) is 0 Å². The summed E-state index contributed by atoms with van der Waals surface area (Å²) in [5, 5.41) is 2.67. The lowest BCUT2D eigenvalue weighted by Crippen LogP contribution is -2.48. The fraction of sp³-hybridized carbons (Fsp3) is 0.143. The summed E-state index contributed by atoms with van der Waals surface area (Å²) in [6.45, 7) is 3.77. The maximum atomic E-state index is 11.3. The van der Waals surface area contributed by atoms with E-state index in [1.54, 1.807) is 0 Å². The van der Waals surface area contributed by atoms with E-state index in [1.165, 1.54) is 6.08 Å². The van der Waals surface area contributed by atoms with Gasteiger partial charge in [0.1, 0.15) is 5.69 Å². The van der Waals surface area contributed by atoms with Gasteiger partial charge in [-0.15, -0.1) is 6.58 Å². The van der Waals surface area contributed by atoms with E-state index in [9.17, 15) is 9.59 Å². The van der Waals surface area contributed by atoms with Crippen LogP contribution in [0.1, 0.15) is 0 Å². The smallest absolute Gasteiger partial charge is 0.370 e. The predicted molar refractivity (Wildman–Crippen MR) is 58.4 cm³/mol. The molecule has 7 N–H and O–H groups in total. The Bertz CT molecular complexity index is 462. The number of anilines is 2. The first kappa shape index (κ1) is 10.7. The zero-order chi connectivity index (χ0) is 11.6. The molecule has 0 saturated heterocycles. The number of nitrogens with one attached hydrogen (secondary N) is 1. The highest BCUT2D eigenvalue weighted by Crippen LogP contribution is 2.07. The van der Waals surface area contributed by atoms with Gasteiger partial charge in [0.2, 0.25) is 0 Å². The summed E-state index contributed by atoms with van der Waals surface area (Å²) in [6, 6.07) is 0. The lowest BCUT2D eigenvalue weighted by molar-refractivity contribution is 0.758. The predicted octanol–water partition coefficient (Wildman–Crippen LogP) is -2.38. The number of nitrogens with two attached hydrogens (primary N) is 3. The minimum Gasteiger partial charge on any atom is -0.391 e. The first-order valence-corrected chi connectivity index (χ1v) is 4.03. The number of nitrogens with zero attached hydrogens (tertiary/aromatic N) is 2. The summed E-state index contributed by atoms with van der Waals surface area (Å²) in [6.07, 6.45) is 1.53. The van der Waals surface area contributed by atoms with Crippen LogP contribution >= 0.6 is 0 Å². The summed E-state index contributed by atoms with van der Waals surface area (Å²) in [5.41, 5.74) is 3.56. The summed E-state index contributed by atoms with van der Waals surface area (Å²) >= 11 is 0. The highest BCUT2D eigenvalue weighted by molar-refractivity contribution is 5.60. The van der Waals surface area contributed by atoms with Crippen molar-refractivity contribution in [3.8, 4) is 0 Å². The van der Waals surface area contributed by atoms with E-state index in [1.807, 2.05) is 0 Å². The molecule has 0 spiro atoms. The van der Waals surface area contributed by atoms with Gasteiger partial charge in [-0.05, 0) is 0 Å². The van der Waals surface area contributed by atoms with Gasteiger partial charge in [-0.2, -0.15) is 9.35 Å². The Labute approximate surface area is 84.5 Å². The van der Waals surface area contributed by atoms with Crippen LogP contribution in [0.25, 0.3) is 0 Å².